The van der Waals surface area contributed by atoms with E-state index < -0.39 is 0 Å². The molecule has 92 valence electrons. The van der Waals surface area contributed by atoms with E-state index in [1.807, 2.05) is 6.07 Å². The van der Waals surface area contributed by atoms with Gasteiger partial charge in [-0.1, -0.05) is 13.0 Å². The Labute approximate surface area is 102 Å². The van der Waals surface area contributed by atoms with E-state index in [2.05, 4.69) is 11.8 Å². The number of rotatable bonds is 1. The minimum atomic E-state index is 0.0209. The fourth-order valence-electron chi connectivity index (χ4n) is 3.60. The van der Waals surface area contributed by atoms with Gasteiger partial charge in [-0.05, 0) is 44.0 Å². The summed E-state index contributed by atoms with van der Waals surface area (Å²) in [5, 5.41) is 19.5. The molecule has 0 radical (unpaired) electrons. The third-order valence-electron chi connectivity index (χ3n) is 4.45. The second-order valence-corrected chi connectivity index (χ2v) is 5.13. The lowest BCUT2D eigenvalue weighted by atomic mass is 9.79. The highest BCUT2D eigenvalue weighted by atomic mass is 16.3. The first-order chi connectivity index (χ1) is 8.22. The van der Waals surface area contributed by atoms with Gasteiger partial charge in [0.05, 0.1) is 0 Å². The lowest BCUT2D eigenvalue weighted by Crippen LogP contribution is -2.34. The van der Waals surface area contributed by atoms with Crippen LogP contribution in [-0.2, 0) is 6.42 Å². The SMILES string of the molecule is CCN1CC[C@@H]2c3ccc(O)c(O)c3CC[C@H]21. The molecule has 1 saturated heterocycles. The number of likely N-dealkylation sites (tertiary alicyclic amines) is 1. The van der Waals surface area contributed by atoms with E-state index in [-0.39, 0.29) is 11.5 Å². The molecule has 1 fully saturated rings. The molecule has 1 aromatic rings. The Hall–Kier alpha value is -1.22. The minimum Gasteiger partial charge on any atom is -0.504 e. The lowest BCUT2D eigenvalue weighted by Gasteiger charge is -2.33. The molecule has 17 heavy (non-hydrogen) atoms. The van der Waals surface area contributed by atoms with Gasteiger partial charge < -0.3 is 15.1 Å². The molecule has 1 aliphatic carbocycles. The van der Waals surface area contributed by atoms with Crippen LogP contribution in [0.1, 0.15) is 36.8 Å². The van der Waals surface area contributed by atoms with Crippen molar-refractivity contribution in [1.82, 2.24) is 4.90 Å². The molecule has 3 nitrogen and oxygen atoms in total. The molecule has 3 rings (SSSR count). The fraction of sp³-hybridized carbons (Fsp3) is 0.571. The van der Waals surface area contributed by atoms with Crippen LogP contribution in [-0.4, -0.2) is 34.2 Å². The summed E-state index contributed by atoms with van der Waals surface area (Å²) >= 11 is 0. The number of benzene rings is 1. The van der Waals surface area contributed by atoms with Crippen LogP contribution in [0.25, 0.3) is 0 Å². The summed E-state index contributed by atoms with van der Waals surface area (Å²) in [6, 6.07) is 4.27. The number of fused-ring (bicyclic) bond motifs is 3. The molecule has 0 unspecified atom stereocenters. The van der Waals surface area contributed by atoms with Crippen molar-refractivity contribution in [2.75, 3.05) is 13.1 Å². The van der Waals surface area contributed by atoms with E-state index in [1.54, 1.807) is 6.07 Å². The van der Waals surface area contributed by atoms with E-state index in [0.29, 0.717) is 12.0 Å². The molecule has 0 aromatic heterocycles. The maximum atomic E-state index is 9.92. The maximum absolute atomic E-state index is 9.92. The summed E-state index contributed by atoms with van der Waals surface area (Å²) in [4.78, 5) is 2.54. The number of hydrogen-bond acceptors (Lipinski definition) is 3. The topological polar surface area (TPSA) is 43.7 Å². The predicted molar refractivity (Wildman–Crippen MR) is 66.5 cm³/mol. The molecule has 0 amide bonds. The molecule has 2 N–H and O–H groups in total. The third-order valence-corrected chi connectivity index (χ3v) is 4.45. The summed E-state index contributed by atoms with van der Waals surface area (Å²) in [5.41, 5.74) is 2.23. The summed E-state index contributed by atoms with van der Waals surface area (Å²) in [7, 11) is 0. The molecule has 1 aliphatic heterocycles. The number of hydrogen-bond donors (Lipinski definition) is 2. The van der Waals surface area contributed by atoms with E-state index in [9.17, 15) is 10.2 Å². The van der Waals surface area contributed by atoms with Crippen molar-refractivity contribution in [3.63, 3.8) is 0 Å². The second-order valence-electron chi connectivity index (χ2n) is 5.13. The quantitative estimate of drug-likeness (QED) is 0.731. The highest BCUT2D eigenvalue weighted by Crippen LogP contribution is 2.46. The second kappa shape index (κ2) is 3.91. The summed E-state index contributed by atoms with van der Waals surface area (Å²) in [6.07, 6.45) is 3.16. The van der Waals surface area contributed by atoms with Gasteiger partial charge in [-0.15, -0.1) is 0 Å². The Morgan fingerprint density at radius 1 is 1.29 bits per heavy atom. The molecule has 2 atom stereocenters. The number of nitrogens with zero attached hydrogens (tertiary/aromatic N) is 1. The third kappa shape index (κ3) is 1.53. The van der Waals surface area contributed by atoms with Gasteiger partial charge in [0.2, 0.25) is 0 Å². The Balaban J connectivity index is 2.02. The van der Waals surface area contributed by atoms with Gasteiger partial charge in [0, 0.05) is 17.5 Å². The number of phenols is 2. The molecular weight excluding hydrogens is 214 g/mol. The molecule has 2 aliphatic rings. The van der Waals surface area contributed by atoms with Crippen molar-refractivity contribution < 1.29 is 10.2 Å². The number of likely N-dealkylation sites (N-methyl/N-ethyl adjacent to an activating group) is 1. The van der Waals surface area contributed by atoms with Crippen LogP contribution in [0.15, 0.2) is 12.1 Å². The van der Waals surface area contributed by atoms with E-state index in [0.717, 1.165) is 31.5 Å². The van der Waals surface area contributed by atoms with Gasteiger partial charge >= 0.3 is 0 Å². The summed E-state index contributed by atoms with van der Waals surface area (Å²) in [6.45, 7) is 4.49. The molecule has 0 saturated carbocycles. The van der Waals surface area contributed by atoms with Gasteiger partial charge in [0.1, 0.15) is 0 Å². The first kappa shape index (κ1) is 10.9. The molecule has 1 heterocycles. The van der Waals surface area contributed by atoms with Crippen LogP contribution in [0.3, 0.4) is 0 Å². The van der Waals surface area contributed by atoms with Crippen molar-refractivity contribution in [2.45, 2.75) is 38.1 Å². The molecule has 0 bridgehead atoms. The molecule has 0 spiro atoms. The number of aromatic hydroxyl groups is 2. The zero-order chi connectivity index (χ0) is 12.0. The van der Waals surface area contributed by atoms with Gasteiger partial charge in [0.15, 0.2) is 11.5 Å². The van der Waals surface area contributed by atoms with Crippen molar-refractivity contribution in [3.8, 4) is 11.5 Å². The van der Waals surface area contributed by atoms with Crippen LogP contribution in [0.5, 0.6) is 11.5 Å². The summed E-state index contributed by atoms with van der Waals surface area (Å²) < 4.78 is 0. The van der Waals surface area contributed by atoms with Gasteiger partial charge in [-0.2, -0.15) is 0 Å². The smallest absolute Gasteiger partial charge is 0.160 e. The monoisotopic (exact) mass is 233 g/mol. The lowest BCUT2D eigenvalue weighted by molar-refractivity contribution is 0.237. The predicted octanol–water partition coefficient (Wildman–Crippen LogP) is 2.22. The first-order valence-electron chi connectivity index (χ1n) is 6.50. The average molecular weight is 233 g/mol. The van der Waals surface area contributed by atoms with Crippen LogP contribution in [0, 0.1) is 0 Å². The Kier molecular flexibility index (Phi) is 2.51. The Morgan fingerprint density at radius 2 is 2.12 bits per heavy atom. The molecular formula is C14H19NO2. The molecule has 1 aromatic carbocycles. The van der Waals surface area contributed by atoms with Crippen LogP contribution in [0.2, 0.25) is 0 Å². The standard InChI is InChI=1S/C14H19NO2/c1-2-15-8-7-10-9-4-6-13(16)14(17)11(9)3-5-12(10)15/h4,6,10,12,16-17H,2-3,5,7-8H2,1H3/t10-,12-/m1/s1. The van der Waals surface area contributed by atoms with Gasteiger partial charge in [-0.25, -0.2) is 0 Å². The number of phenolic OH excluding ortho intramolecular Hbond substituents is 2. The van der Waals surface area contributed by atoms with Gasteiger partial charge in [-0.3, -0.25) is 0 Å². The van der Waals surface area contributed by atoms with Gasteiger partial charge in [0.25, 0.3) is 0 Å². The first-order valence-corrected chi connectivity index (χ1v) is 6.50. The van der Waals surface area contributed by atoms with E-state index >= 15 is 0 Å². The van der Waals surface area contributed by atoms with Crippen molar-refractivity contribution in [3.05, 3.63) is 23.3 Å². The minimum absolute atomic E-state index is 0.0209. The zero-order valence-corrected chi connectivity index (χ0v) is 10.2. The Bertz CT molecular complexity index is 444. The van der Waals surface area contributed by atoms with Crippen molar-refractivity contribution in [2.24, 2.45) is 0 Å². The van der Waals surface area contributed by atoms with E-state index in [1.165, 1.54) is 12.0 Å². The highest BCUT2D eigenvalue weighted by molar-refractivity contribution is 5.52. The highest BCUT2D eigenvalue weighted by Gasteiger charge is 2.38. The fourth-order valence-corrected chi connectivity index (χ4v) is 3.60. The van der Waals surface area contributed by atoms with Crippen LogP contribution < -0.4 is 0 Å². The average Bonchev–Trinajstić information content (AvgIpc) is 2.76. The normalized spacial score (nSPS) is 27.8. The zero-order valence-electron chi connectivity index (χ0n) is 10.2. The van der Waals surface area contributed by atoms with Crippen molar-refractivity contribution >= 4 is 0 Å². The van der Waals surface area contributed by atoms with Crippen LogP contribution >= 0.6 is 0 Å². The van der Waals surface area contributed by atoms with Crippen molar-refractivity contribution in [1.29, 1.82) is 0 Å². The van der Waals surface area contributed by atoms with Crippen LogP contribution in [0.4, 0.5) is 0 Å². The summed E-state index contributed by atoms with van der Waals surface area (Å²) in [5.74, 6) is 0.675. The maximum Gasteiger partial charge on any atom is 0.160 e. The van der Waals surface area contributed by atoms with E-state index in [4.69, 9.17) is 0 Å². The molecule has 3 heteroatoms. The largest absolute Gasteiger partial charge is 0.504 e. The Morgan fingerprint density at radius 3 is 2.88 bits per heavy atom.